The summed E-state index contributed by atoms with van der Waals surface area (Å²) in [5.74, 6) is 0.265. The Labute approximate surface area is 115 Å². The van der Waals surface area contributed by atoms with Gasteiger partial charge in [-0.1, -0.05) is 12.8 Å². The molecular formula is C14H25N3O2. The summed E-state index contributed by atoms with van der Waals surface area (Å²) in [6.07, 6.45) is 7.41. The summed E-state index contributed by atoms with van der Waals surface area (Å²) >= 11 is 0. The van der Waals surface area contributed by atoms with Gasteiger partial charge in [0.05, 0.1) is 6.54 Å². The molecule has 0 radical (unpaired) electrons. The van der Waals surface area contributed by atoms with E-state index in [1.807, 2.05) is 4.90 Å². The SMILES string of the molecule is O=C(CCNCC(=O)N1CCCCCC1)NC1CC1. The molecule has 1 saturated heterocycles. The van der Waals surface area contributed by atoms with Crippen LogP contribution in [0.3, 0.4) is 0 Å². The van der Waals surface area contributed by atoms with Gasteiger partial charge >= 0.3 is 0 Å². The van der Waals surface area contributed by atoms with E-state index in [1.165, 1.54) is 12.8 Å². The molecule has 19 heavy (non-hydrogen) atoms. The Kier molecular flexibility index (Phi) is 5.63. The van der Waals surface area contributed by atoms with Crippen LogP contribution in [0, 0.1) is 0 Å². The van der Waals surface area contributed by atoms with Gasteiger partial charge in [0.2, 0.25) is 11.8 Å². The number of hydrogen-bond donors (Lipinski definition) is 2. The zero-order valence-electron chi connectivity index (χ0n) is 11.6. The van der Waals surface area contributed by atoms with Gasteiger partial charge in [0.15, 0.2) is 0 Å². The van der Waals surface area contributed by atoms with Crippen LogP contribution in [0.25, 0.3) is 0 Å². The molecule has 108 valence electrons. The van der Waals surface area contributed by atoms with Crippen molar-refractivity contribution >= 4 is 11.8 Å². The van der Waals surface area contributed by atoms with Gasteiger partial charge in [-0.3, -0.25) is 9.59 Å². The quantitative estimate of drug-likeness (QED) is 0.695. The molecule has 1 aliphatic heterocycles. The molecular weight excluding hydrogens is 242 g/mol. The summed E-state index contributed by atoms with van der Waals surface area (Å²) in [7, 11) is 0. The Balaban J connectivity index is 1.53. The van der Waals surface area contributed by atoms with E-state index in [9.17, 15) is 9.59 Å². The third-order valence-corrected chi connectivity index (χ3v) is 3.71. The van der Waals surface area contributed by atoms with E-state index in [0.717, 1.165) is 38.8 Å². The Bertz CT molecular complexity index is 308. The van der Waals surface area contributed by atoms with Crippen LogP contribution in [0.2, 0.25) is 0 Å². The minimum Gasteiger partial charge on any atom is -0.353 e. The highest BCUT2D eigenvalue weighted by Crippen LogP contribution is 2.18. The summed E-state index contributed by atoms with van der Waals surface area (Å²) in [6, 6.07) is 0.422. The number of carbonyl (C=O) groups excluding carboxylic acids is 2. The topological polar surface area (TPSA) is 61.4 Å². The lowest BCUT2D eigenvalue weighted by molar-refractivity contribution is -0.130. The Morgan fingerprint density at radius 3 is 2.37 bits per heavy atom. The van der Waals surface area contributed by atoms with Gasteiger partial charge in [0.1, 0.15) is 0 Å². The molecule has 2 aliphatic rings. The van der Waals surface area contributed by atoms with E-state index in [2.05, 4.69) is 10.6 Å². The summed E-state index contributed by atoms with van der Waals surface area (Å²) in [5.41, 5.74) is 0. The van der Waals surface area contributed by atoms with Crippen molar-refractivity contribution in [1.29, 1.82) is 0 Å². The largest absolute Gasteiger partial charge is 0.353 e. The van der Waals surface area contributed by atoms with Crippen LogP contribution in [-0.2, 0) is 9.59 Å². The first-order valence-corrected chi connectivity index (χ1v) is 7.53. The zero-order chi connectivity index (χ0) is 13.5. The second kappa shape index (κ2) is 7.48. The van der Waals surface area contributed by atoms with Crippen molar-refractivity contribution in [1.82, 2.24) is 15.5 Å². The smallest absolute Gasteiger partial charge is 0.236 e. The van der Waals surface area contributed by atoms with Gasteiger partial charge in [-0.05, 0) is 25.7 Å². The van der Waals surface area contributed by atoms with Crippen molar-refractivity contribution in [3.8, 4) is 0 Å². The van der Waals surface area contributed by atoms with Crippen LogP contribution in [-0.4, -0.2) is 48.9 Å². The summed E-state index contributed by atoms with van der Waals surface area (Å²) in [5, 5.41) is 6.01. The van der Waals surface area contributed by atoms with E-state index in [4.69, 9.17) is 0 Å². The highest BCUT2D eigenvalue weighted by atomic mass is 16.2. The number of rotatable bonds is 6. The first-order chi connectivity index (χ1) is 9.25. The third-order valence-electron chi connectivity index (χ3n) is 3.71. The fourth-order valence-electron chi connectivity index (χ4n) is 2.36. The van der Waals surface area contributed by atoms with Crippen LogP contribution in [0.1, 0.15) is 44.9 Å². The average Bonchev–Trinajstić information content (AvgIpc) is 3.20. The van der Waals surface area contributed by atoms with Gasteiger partial charge in [-0.25, -0.2) is 0 Å². The molecule has 2 N–H and O–H groups in total. The number of nitrogens with zero attached hydrogens (tertiary/aromatic N) is 1. The Morgan fingerprint density at radius 2 is 1.74 bits per heavy atom. The van der Waals surface area contributed by atoms with Crippen molar-refractivity contribution < 1.29 is 9.59 Å². The number of likely N-dealkylation sites (tertiary alicyclic amines) is 1. The molecule has 0 spiro atoms. The number of nitrogens with one attached hydrogen (secondary N) is 2. The molecule has 0 aromatic carbocycles. The first kappa shape index (κ1) is 14.3. The van der Waals surface area contributed by atoms with Gasteiger partial charge < -0.3 is 15.5 Å². The highest BCUT2D eigenvalue weighted by Gasteiger charge is 2.22. The van der Waals surface area contributed by atoms with Crippen molar-refractivity contribution in [3.05, 3.63) is 0 Å². The molecule has 5 nitrogen and oxygen atoms in total. The number of amides is 2. The molecule has 0 unspecified atom stereocenters. The van der Waals surface area contributed by atoms with Gasteiger partial charge in [-0.2, -0.15) is 0 Å². The lowest BCUT2D eigenvalue weighted by Crippen LogP contribution is -2.39. The summed E-state index contributed by atoms with van der Waals surface area (Å²) in [6.45, 7) is 2.72. The van der Waals surface area contributed by atoms with Gasteiger partial charge in [0.25, 0.3) is 0 Å². The lowest BCUT2D eigenvalue weighted by Gasteiger charge is -2.20. The zero-order valence-corrected chi connectivity index (χ0v) is 11.6. The standard InChI is InChI=1S/C14H25N3O2/c18-13(16-12-5-6-12)7-8-15-11-14(19)17-9-3-1-2-4-10-17/h12,15H,1-11H2,(H,16,18). The van der Waals surface area contributed by atoms with Crippen LogP contribution in [0.15, 0.2) is 0 Å². The molecule has 2 fully saturated rings. The molecule has 1 aliphatic carbocycles. The highest BCUT2D eigenvalue weighted by molar-refractivity contribution is 5.79. The minimum absolute atomic E-state index is 0.0946. The average molecular weight is 267 g/mol. The Hall–Kier alpha value is -1.10. The van der Waals surface area contributed by atoms with Crippen LogP contribution in [0.4, 0.5) is 0 Å². The van der Waals surface area contributed by atoms with E-state index in [1.54, 1.807) is 0 Å². The molecule has 2 amide bonds. The monoisotopic (exact) mass is 267 g/mol. The van der Waals surface area contributed by atoms with Crippen molar-refractivity contribution in [2.75, 3.05) is 26.2 Å². The fraction of sp³-hybridized carbons (Fsp3) is 0.857. The second-order valence-electron chi connectivity index (χ2n) is 5.56. The van der Waals surface area contributed by atoms with E-state index < -0.39 is 0 Å². The second-order valence-corrected chi connectivity index (χ2v) is 5.56. The van der Waals surface area contributed by atoms with Gasteiger partial charge in [0, 0.05) is 32.1 Å². The first-order valence-electron chi connectivity index (χ1n) is 7.53. The Morgan fingerprint density at radius 1 is 1.05 bits per heavy atom. The van der Waals surface area contributed by atoms with Crippen LogP contribution < -0.4 is 10.6 Å². The minimum atomic E-state index is 0.0946. The van der Waals surface area contributed by atoms with E-state index in [0.29, 0.717) is 25.6 Å². The number of carbonyl (C=O) groups is 2. The molecule has 0 aromatic rings. The maximum Gasteiger partial charge on any atom is 0.236 e. The molecule has 0 atom stereocenters. The van der Waals surface area contributed by atoms with Crippen molar-refractivity contribution in [2.24, 2.45) is 0 Å². The molecule has 0 bridgehead atoms. The lowest BCUT2D eigenvalue weighted by atomic mass is 10.2. The van der Waals surface area contributed by atoms with Crippen molar-refractivity contribution in [2.45, 2.75) is 51.0 Å². The molecule has 0 aromatic heterocycles. The van der Waals surface area contributed by atoms with E-state index in [-0.39, 0.29) is 11.8 Å². The maximum atomic E-state index is 11.9. The summed E-state index contributed by atoms with van der Waals surface area (Å²) in [4.78, 5) is 25.3. The van der Waals surface area contributed by atoms with Crippen molar-refractivity contribution in [3.63, 3.8) is 0 Å². The maximum absolute atomic E-state index is 11.9. The summed E-state index contributed by atoms with van der Waals surface area (Å²) < 4.78 is 0. The normalized spacial score (nSPS) is 19.9. The predicted octanol–water partition coefficient (Wildman–Crippen LogP) is 0.647. The third kappa shape index (κ3) is 5.59. The van der Waals surface area contributed by atoms with Crippen LogP contribution in [0.5, 0.6) is 0 Å². The molecule has 1 saturated carbocycles. The fourth-order valence-corrected chi connectivity index (χ4v) is 2.36. The molecule has 2 rings (SSSR count). The molecule has 1 heterocycles. The predicted molar refractivity (Wildman–Crippen MR) is 73.7 cm³/mol. The van der Waals surface area contributed by atoms with Gasteiger partial charge in [-0.15, -0.1) is 0 Å². The number of hydrogen-bond acceptors (Lipinski definition) is 3. The van der Waals surface area contributed by atoms with Crippen LogP contribution >= 0.6 is 0 Å². The van der Waals surface area contributed by atoms with E-state index >= 15 is 0 Å². The molecule has 5 heteroatoms.